The third-order valence-corrected chi connectivity index (χ3v) is 7.74. The molecule has 0 amide bonds. The van der Waals surface area contributed by atoms with Crippen LogP contribution < -0.4 is 0 Å². The molecule has 1 aromatic carbocycles. The van der Waals surface area contributed by atoms with E-state index >= 15 is 0 Å². The van der Waals surface area contributed by atoms with E-state index in [4.69, 9.17) is 0 Å². The zero-order valence-electron chi connectivity index (χ0n) is 17.4. The summed E-state index contributed by atoms with van der Waals surface area (Å²) in [6, 6.07) is 11.7. The highest BCUT2D eigenvalue weighted by molar-refractivity contribution is 7.17. The number of nitrogens with zero attached hydrogens (tertiary/aromatic N) is 1. The minimum Gasteiger partial charge on any atom is -0.477 e. The van der Waals surface area contributed by atoms with Crippen LogP contribution in [0.4, 0.5) is 13.2 Å². The molecule has 4 rings (SSSR count). The lowest BCUT2D eigenvalue weighted by Crippen LogP contribution is -2.34. The minimum absolute atomic E-state index is 0.0815. The summed E-state index contributed by atoms with van der Waals surface area (Å²) >= 11 is 1.27. The van der Waals surface area contributed by atoms with Crippen LogP contribution in [0.2, 0.25) is 0 Å². The number of likely N-dealkylation sites (N-methyl/N-ethyl adjacent to an activating group) is 1. The molecule has 1 aliphatic heterocycles. The second-order valence-electron chi connectivity index (χ2n) is 8.61. The second kappa shape index (κ2) is 8.79. The highest BCUT2D eigenvalue weighted by Gasteiger charge is 2.42. The van der Waals surface area contributed by atoms with E-state index in [-0.39, 0.29) is 18.8 Å². The molecule has 1 aliphatic carbocycles. The molecule has 166 valence electrons. The Hall–Kier alpha value is -2.12. The third-order valence-electron chi connectivity index (χ3n) is 6.56. The van der Waals surface area contributed by atoms with E-state index < -0.39 is 18.1 Å². The van der Waals surface area contributed by atoms with E-state index in [1.165, 1.54) is 11.3 Å². The molecule has 1 saturated carbocycles. The number of rotatable bonds is 4. The Balaban J connectivity index is 1.72. The van der Waals surface area contributed by atoms with E-state index in [9.17, 15) is 23.1 Å². The number of halogens is 3. The van der Waals surface area contributed by atoms with Gasteiger partial charge in [0.15, 0.2) is 0 Å². The van der Waals surface area contributed by atoms with Crippen molar-refractivity contribution in [2.75, 3.05) is 20.1 Å². The maximum atomic E-state index is 13.1. The topological polar surface area (TPSA) is 40.5 Å². The van der Waals surface area contributed by atoms with Gasteiger partial charge in [-0.25, -0.2) is 4.79 Å². The predicted octanol–water partition coefficient (Wildman–Crippen LogP) is 6.57. The van der Waals surface area contributed by atoms with Gasteiger partial charge in [0.2, 0.25) is 0 Å². The van der Waals surface area contributed by atoms with Crippen molar-refractivity contribution in [1.29, 1.82) is 0 Å². The molecule has 0 radical (unpaired) electrons. The van der Waals surface area contributed by atoms with Gasteiger partial charge < -0.3 is 10.0 Å². The van der Waals surface area contributed by atoms with Crippen LogP contribution in [0, 0.1) is 11.8 Å². The molecule has 1 N–H and O–H groups in total. The normalized spacial score (nSPS) is 23.2. The first-order chi connectivity index (χ1) is 14.7. The summed E-state index contributed by atoms with van der Waals surface area (Å²) in [5.74, 6) is -2.08. The monoisotopic (exact) mass is 449 g/mol. The van der Waals surface area contributed by atoms with Crippen LogP contribution in [-0.4, -0.2) is 42.3 Å². The van der Waals surface area contributed by atoms with Crippen molar-refractivity contribution in [3.8, 4) is 10.4 Å². The van der Waals surface area contributed by atoms with Crippen LogP contribution in [0.3, 0.4) is 0 Å². The van der Waals surface area contributed by atoms with Gasteiger partial charge in [-0.3, -0.25) is 0 Å². The molecule has 0 spiro atoms. The average molecular weight is 450 g/mol. The first-order valence-electron chi connectivity index (χ1n) is 10.6. The number of hydrogen-bond acceptors (Lipinski definition) is 3. The summed E-state index contributed by atoms with van der Waals surface area (Å²) < 4.78 is 39.4. The van der Waals surface area contributed by atoms with Crippen LogP contribution in [-0.2, 0) is 0 Å². The molecule has 1 aromatic heterocycles. The van der Waals surface area contributed by atoms with Crippen molar-refractivity contribution in [2.45, 2.75) is 38.3 Å². The van der Waals surface area contributed by atoms with Crippen molar-refractivity contribution < 1.29 is 23.1 Å². The Kier molecular flexibility index (Phi) is 6.26. The standard InChI is InChI=1S/C24H26F3NO2S/c1-28-12-11-18(20(14-28)15-7-9-17(10-8-15)24(25,26)27)19-13-21(31-22(19)23(29)30)16-5-3-2-4-6-16/h2-6,13,15,17H,7-12,14H2,1H3,(H,29,30). The van der Waals surface area contributed by atoms with Crippen molar-refractivity contribution in [3.63, 3.8) is 0 Å². The SMILES string of the molecule is CN1CCC(c2cc(-c3ccccc3)sc2C(=O)O)=C(C2CCC(C(F)(F)F)CC2)C1. The smallest absolute Gasteiger partial charge is 0.391 e. The van der Waals surface area contributed by atoms with Gasteiger partial charge in [-0.15, -0.1) is 11.3 Å². The van der Waals surface area contributed by atoms with Crippen LogP contribution in [0.25, 0.3) is 16.0 Å². The van der Waals surface area contributed by atoms with Crippen LogP contribution in [0.15, 0.2) is 42.0 Å². The summed E-state index contributed by atoms with van der Waals surface area (Å²) in [5.41, 5.74) is 3.89. The number of hydrogen-bond donors (Lipinski definition) is 1. The van der Waals surface area contributed by atoms with Gasteiger partial charge in [0.25, 0.3) is 0 Å². The Bertz CT molecular complexity index is 972. The van der Waals surface area contributed by atoms with Gasteiger partial charge in [0, 0.05) is 23.5 Å². The quantitative estimate of drug-likeness (QED) is 0.574. The number of alkyl halides is 3. The van der Waals surface area contributed by atoms with Gasteiger partial charge in [0.1, 0.15) is 4.88 Å². The van der Waals surface area contributed by atoms with Crippen molar-refractivity contribution in [2.24, 2.45) is 11.8 Å². The van der Waals surface area contributed by atoms with Crippen molar-refractivity contribution in [1.82, 2.24) is 4.90 Å². The average Bonchev–Trinajstić information content (AvgIpc) is 3.19. The highest BCUT2D eigenvalue weighted by atomic mass is 32.1. The summed E-state index contributed by atoms with van der Waals surface area (Å²) in [5, 5.41) is 9.88. The fourth-order valence-electron chi connectivity index (χ4n) is 4.90. The van der Waals surface area contributed by atoms with Gasteiger partial charge in [0.05, 0.1) is 5.92 Å². The van der Waals surface area contributed by atoms with Gasteiger partial charge in [-0.2, -0.15) is 13.2 Å². The van der Waals surface area contributed by atoms with E-state index in [0.717, 1.165) is 40.1 Å². The molecule has 3 nitrogen and oxygen atoms in total. The van der Waals surface area contributed by atoms with Crippen LogP contribution in [0.1, 0.15) is 47.3 Å². The number of carboxylic acid groups (broad SMARTS) is 1. The van der Waals surface area contributed by atoms with E-state index in [0.29, 0.717) is 24.3 Å². The molecule has 7 heteroatoms. The number of aromatic carboxylic acids is 1. The number of benzene rings is 1. The summed E-state index contributed by atoms with van der Waals surface area (Å²) in [6.45, 7) is 1.50. The maximum absolute atomic E-state index is 13.1. The molecule has 0 saturated heterocycles. The van der Waals surface area contributed by atoms with Crippen molar-refractivity contribution >= 4 is 22.9 Å². The Morgan fingerprint density at radius 3 is 2.42 bits per heavy atom. The molecule has 2 heterocycles. The van der Waals surface area contributed by atoms with Crippen LogP contribution in [0.5, 0.6) is 0 Å². The highest BCUT2D eigenvalue weighted by Crippen LogP contribution is 2.46. The number of carboxylic acids is 1. The van der Waals surface area contributed by atoms with E-state index in [1.54, 1.807) is 0 Å². The minimum atomic E-state index is -4.13. The maximum Gasteiger partial charge on any atom is 0.391 e. The second-order valence-corrected chi connectivity index (χ2v) is 9.66. The third kappa shape index (κ3) is 4.72. The first-order valence-corrected chi connectivity index (χ1v) is 11.5. The first kappa shape index (κ1) is 22.1. The Morgan fingerprint density at radius 1 is 1.13 bits per heavy atom. The van der Waals surface area contributed by atoms with Crippen LogP contribution >= 0.6 is 11.3 Å². The lowest BCUT2D eigenvalue weighted by atomic mass is 9.75. The summed E-state index contributed by atoms with van der Waals surface area (Å²) in [4.78, 5) is 15.5. The lowest BCUT2D eigenvalue weighted by molar-refractivity contribution is -0.183. The zero-order valence-corrected chi connectivity index (χ0v) is 18.2. The molecule has 2 aliphatic rings. The molecule has 31 heavy (non-hydrogen) atoms. The van der Waals surface area contributed by atoms with Gasteiger partial charge in [-0.1, -0.05) is 30.3 Å². The molecular formula is C24H26F3NO2S. The lowest BCUT2D eigenvalue weighted by Gasteiger charge is -2.36. The van der Waals surface area contributed by atoms with E-state index in [1.807, 2.05) is 43.4 Å². The van der Waals surface area contributed by atoms with Gasteiger partial charge >= 0.3 is 12.1 Å². The summed E-state index contributed by atoms with van der Waals surface area (Å²) in [6.07, 6.45) is -2.08. The predicted molar refractivity (Wildman–Crippen MR) is 117 cm³/mol. The number of carbonyl (C=O) groups is 1. The zero-order chi connectivity index (χ0) is 22.2. The van der Waals surface area contributed by atoms with Crippen molar-refractivity contribution in [3.05, 3.63) is 52.4 Å². The molecule has 0 bridgehead atoms. The Labute approximate surface area is 184 Å². The molecule has 0 atom stereocenters. The molecule has 0 unspecified atom stereocenters. The molecule has 1 fully saturated rings. The number of thiophene rings is 1. The summed E-state index contributed by atoms with van der Waals surface area (Å²) in [7, 11) is 2.01. The largest absolute Gasteiger partial charge is 0.477 e. The molecule has 2 aromatic rings. The fraction of sp³-hybridized carbons (Fsp3) is 0.458. The fourth-order valence-corrected chi connectivity index (χ4v) is 5.93. The molecular weight excluding hydrogens is 423 g/mol. The van der Waals surface area contributed by atoms with E-state index in [2.05, 4.69) is 4.90 Å². The van der Waals surface area contributed by atoms with Gasteiger partial charge in [-0.05, 0) is 67.8 Å². The Morgan fingerprint density at radius 2 is 1.81 bits per heavy atom.